The summed E-state index contributed by atoms with van der Waals surface area (Å²) in [5, 5.41) is 29.9. The Hall–Kier alpha value is -3.35. The Morgan fingerprint density at radius 3 is 2.56 bits per heavy atom. The Morgan fingerprint density at radius 2 is 2.00 bits per heavy atom. The van der Waals surface area contributed by atoms with Crippen LogP contribution >= 0.6 is 0 Å². The van der Waals surface area contributed by atoms with Gasteiger partial charge in [-0.15, -0.1) is 0 Å². The zero-order valence-corrected chi connectivity index (χ0v) is 13.7. The molecule has 0 aliphatic carbocycles. The zero-order chi connectivity index (χ0) is 18.6. The summed E-state index contributed by atoms with van der Waals surface area (Å²) in [6.07, 6.45) is 1.32. The number of aromatic hydroxyl groups is 1. The molecule has 0 saturated carbocycles. The van der Waals surface area contributed by atoms with Gasteiger partial charge in [0.15, 0.2) is 5.75 Å². The second kappa shape index (κ2) is 7.48. The van der Waals surface area contributed by atoms with E-state index in [0.717, 1.165) is 17.7 Å². The summed E-state index contributed by atoms with van der Waals surface area (Å²) in [5.74, 6) is -0.980. The molecular formula is C18H17NO6. The Balaban J connectivity index is 2.50. The molecule has 7 heteroatoms. The largest absolute Gasteiger partial charge is 0.502 e. The molecule has 130 valence electrons. The van der Waals surface area contributed by atoms with Crippen molar-refractivity contribution >= 4 is 23.3 Å². The second-order valence-corrected chi connectivity index (χ2v) is 5.28. The fourth-order valence-corrected chi connectivity index (χ4v) is 2.35. The van der Waals surface area contributed by atoms with Gasteiger partial charge in [-0.2, -0.15) is 0 Å². The molecule has 0 aliphatic rings. The van der Waals surface area contributed by atoms with Crippen LogP contribution in [0.3, 0.4) is 0 Å². The average Bonchev–Trinajstić information content (AvgIpc) is 2.55. The number of phenolic OH excluding ortho intramolecular Hbond substituents is 1. The highest BCUT2D eigenvalue weighted by Gasteiger charge is 2.16. The third-order valence-electron chi connectivity index (χ3n) is 3.52. The number of carbonyl (C=O) groups is 1. The fourth-order valence-electron chi connectivity index (χ4n) is 2.35. The first-order chi connectivity index (χ1) is 11.8. The number of phenols is 1. The summed E-state index contributed by atoms with van der Waals surface area (Å²) < 4.78 is 5.44. The summed E-state index contributed by atoms with van der Waals surface area (Å²) in [6, 6.07) is 8.68. The molecule has 0 spiro atoms. The van der Waals surface area contributed by atoms with E-state index in [0.29, 0.717) is 23.5 Å². The van der Waals surface area contributed by atoms with Gasteiger partial charge in [-0.05, 0) is 54.8 Å². The minimum absolute atomic E-state index is 0.0221. The van der Waals surface area contributed by atoms with Gasteiger partial charge in [0.25, 0.3) is 0 Å². The lowest BCUT2D eigenvalue weighted by Gasteiger charge is -2.10. The highest BCUT2D eigenvalue weighted by molar-refractivity contribution is 6.20. The molecule has 0 aromatic heterocycles. The van der Waals surface area contributed by atoms with E-state index >= 15 is 0 Å². The molecule has 0 atom stereocenters. The first-order valence-corrected chi connectivity index (χ1v) is 7.49. The van der Waals surface area contributed by atoms with Crippen molar-refractivity contribution in [2.24, 2.45) is 0 Å². The average molecular weight is 343 g/mol. The number of carboxylic acid groups (broad SMARTS) is 1. The SMILES string of the molecule is CCOc1ccc(/C(=C/c2ccc(O)c([N+](=O)[O-])c2)C(=O)O)cc1C. The number of hydrogen-bond acceptors (Lipinski definition) is 5. The van der Waals surface area contributed by atoms with Gasteiger partial charge in [0.05, 0.1) is 17.1 Å². The summed E-state index contributed by atoms with van der Waals surface area (Å²) in [5.41, 5.74) is 1.02. The van der Waals surface area contributed by atoms with Gasteiger partial charge in [-0.3, -0.25) is 10.1 Å². The Bertz CT molecular complexity index is 857. The molecule has 0 aliphatic heterocycles. The Morgan fingerprint density at radius 1 is 1.28 bits per heavy atom. The van der Waals surface area contributed by atoms with Crippen LogP contribution in [-0.2, 0) is 4.79 Å². The van der Waals surface area contributed by atoms with Crippen molar-refractivity contribution < 1.29 is 24.7 Å². The molecule has 2 N–H and O–H groups in total. The van der Waals surface area contributed by atoms with Gasteiger partial charge in [0.1, 0.15) is 5.75 Å². The predicted octanol–water partition coefficient (Wildman–Crippen LogP) is 3.63. The number of ether oxygens (including phenoxy) is 1. The van der Waals surface area contributed by atoms with E-state index in [4.69, 9.17) is 4.74 Å². The maximum atomic E-state index is 11.6. The number of nitro benzene ring substituents is 1. The van der Waals surface area contributed by atoms with Gasteiger partial charge in [-0.25, -0.2) is 4.79 Å². The van der Waals surface area contributed by atoms with E-state index in [2.05, 4.69) is 0 Å². The summed E-state index contributed by atoms with van der Waals surface area (Å²) in [4.78, 5) is 21.8. The van der Waals surface area contributed by atoms with Gasteiger partial charge in [0, 0.05) is 6.07 Å². The molecule has 0 saturated heterocycles. The minimum Gasteiger partial charge on any atom is -0.502 e. The van der Waals surface area contributed by atoms with Crippen LogP contribution in [0.4, 0.5) is 5.69 Å². The van der Waals surface area contributed by atoms with Gasteiger partial charge < -0.3 is 14.9 Å². The third-order valence-corrected chi connectivity index (χ3v) is 3.52. The topological polar surface area (TPSA) is 110 Å². The van der Waals surface area contributed by atoms with E-state index in [1.54, 1.807) is 25.1 Å². The number of carboxylic acids is 1. The quantitative estimate of drug-likeness (QED) is 0.359. The van der Waals surface area contributed by atoms with Crippen LogP contribution in [0.25, 0.3) is 11.6 Å². The van der Waals surface area contributed by atoms with Crippen LogP contribution in [0.2, 0.25) is 0 Å². The van der Waals surface area contributed by atoms with Gasteiger partial charge in [-0.1, -0.05) is 12.1 Å². The number of nitrogens with zero attached hydrogens (tertiary/aromatic N) is 1. The van der Waals surface area contributed by atoms with Crippen LogP contribution in [0.1, 0.15) is 23.6 Å². The molecule has 2 aromatic carbocycles. The monoisotopic (exact) mass is 343 g/mol. The first kappa shape index (κ1) is 18.0. The van der Waals surface area contributed by atoms with Crippen LogP contribution in [0.5, 0.6) is 11.5 Å². The van der Waals surface area contributed by atoms with Crippen molar-refractivity contribution in [3.63, 3.8) is 0 Å². The molecule has 2 aromatic rings. The smallest absolute Gasteiger partial charge is 0.336 e. The van der Waals surface area contributed by atoms with Crippen LogP contribution in [0.15, 0.2) is 36.4 Å². The van der Waals surface area contributed by atoms with Crippen molar-refractivity contribution in [3.8, 4) is 11.5 Å². The minimum atomic E-state index is -1.17. The zero-order valence-electron chi connectivity index (χ0n) is 13.7. The van der Waals surface area contributed by atoms with Gasteiger partial charge >= 0.3 is 11.7 Å². The predicted molar refractivity (Wildman–Crippen MR) is 92.6 cm³/mol. The van der Waals surface area contributed by atoms with Crippen LogP contribution in [-0.4, -0.2) is 27.7 Å². The number of hydrogen-bond donors (Lipinski definition) is 2. The standard InChI is InChI=1S/C18H17NO6/c1-3-25-17-7-5-13(8-11(17)2)14(18(21)22)9-12-4-6-16(20)15(10-12)19(23)24/h4-10,20H,3H2,1-2H3,(H,21,22)/b14-9-. The highest BCUT2D eigenvalue weighted by Crippen LogP contribution is 2.29. The highest BCUT2D eigenvalue weighted by atomic mass is 16.6. The lowest BCUT2D eigenvalue weighted by Crippen LogP contribution is -2.01. The molecule has 0 heterocycles. The number of rotatable bonds is 6. The lowest BCUT2D eigenvalue weighted by molar-refractivity contribution is -0.385. The van der Waals surface area contributed by atoms with E-state index in [1.165, 1.54) is 12.1 Å². The summed E-state index contributed by atoms with van der Waals surface area (Å²) in [7, 11) is 0. The fraction of sp³-hybridized carbons (Fsp3) is 0.167. The maximum absolute atomic E-state index is 11.6. The van der Waals surface area contributed by atoms with E-state index in [1.807, 2.05) is 6.92 Å². The maximum Gasteiger partial charge on any atom is 0.336 e. The summed E-state index contributed by atoms with van der Waals surface area (Å²) >= 11 is 0. The Labute approximate surface area is 144 Å². The Kier molecular flexibility index (Phi) is 5.38. The molecule has 25 heavy (non-hydrogen) atoms. The van der Waals surface area contributed by atoms with Crippen LogP contribution < -0.4 is 4.74 Å². The van der Waals surface area contributed by atoms with Crippen molar-refractivity contribution in [2.75, 3.05) is 6.61 Å². The first-order valence-electron chi connectivity index (χ1n) is 7.49. The second-order valence-electron chi connectivity index (χ2n) is 5.28. The molecule has 0 fully saturated rings. The van der Waals surface area contributed by atoms with Crippen molar-refractivity contribution in [3.05, 3.63) is 63.2 Å². The molecule has 0 radical (unpaired) electrons. The van der Waals surface area contributed by atoms with Crippen molar-refractivity contribution in [2.45, 2.75) is 13.8 Å². The van der Waals surface area contributed by atoms with Crippen LogP contribution in [0, 0.1) is 17.0 Å². The lowest BCUT2D eigenvalue weighted by atomic mass is 10.0. The number of aliphatic carboxylic acids is 1. The molecule has 0 amide bonds. The number of nitro groups is 1. The van der Waals surface area contributed by atoms with E-state index in [9.17, 15) is 25.1 Å². The third kappa shape index (κ3) is 4.14. The molecular weight excluding hydrogens is 326 g/mol. The van der Waals surface area contributed by atoms with E-state index in [-0.39, 0.29) is 5.57 Å². The van der Waals surface area contributed by atoms with Gasteiger partial charge in [0.2, 0.25) is 0 Å². The summed E-state index contributed by atoms with van der Waals surface area (Å²) in [6.45, 7) is 4.16. The van der Waals surface area contributed by atoms with E-state index < -0.39 is 22.3 Å². The van der Waals surface area contributed by atoms with Crippen molar-refractivity contribution in [1.82, 2.24) is 0 Å². The number of benzene rings is 2. The number of aryl methyl sites for hydroxylation is 1. The molecule has 7 nitrogen and oxygen atoms in total. The molecule has 0 bridgehead atoms. The molecule has 0 unspecified atom stereocenters. The van der Waals surface area contributed by atoms with Crippen molar-refractivity contribution in [1.29, 1.82) is 0 Å². The molecule has 2 rings (SSSR count). The normalized spacial score (nSPS) is 11.2.